The molecule has 0 aliphatic carbocycles. The Balaban J connectivity index is 4.03. The lowest BCUT2D eigenvalue weighted by Gasteiger charge is -2.19. The molecule has 0 heterocycles. The summed E-state index contributed by atoms with van der Waals surface area (Å²) in [7, 11) is -4.39. The summed E-state index contributed by atoms with van der Waals surface area (Å²) in [6, 6.07) is 0. The molecule has 0 rings (SSSR count). The molecule has 2 atom stereocenters. The van der Waals surface area contributed by atoms with Gasteiger partial charge in [0.05, 0.1) is 13.2 Å². The van der Waals surface area contributed by atoms with Crippen molar-refractivity contribution >= 4 is 19.8 Å². The average Bonchev–Trinajstić information content (AvgIpc) is 3.31. The first-order valence-corrected chi connectivity index (χ1v) is 28.8. The lowest BCUT2D eigenvalue weighted by Crippen LogP contribution is -2.29. The van der Waals surface area contributed by atoms with Crippen molar-refractivity contribution < 1.29 is 37.6 Å². The second kappa shape index (κ2) is 52.1. The van der Waals surface area contributed by atoms with Gasteiger partial charge in [0.25, 0.3) is 0 Å². The molecule has 66 heavy (non-hydrogen) atoms. The predicted octanol–water partition coefficient (Wildman–Crippen LogP) is 16.8. The number of nitrogens with two attached hydrogens (primary N) is 1. The third kappa shape index (κ3) is 51.1. The van der Waals surface area contributed by atoms with E-state index in [2.05, 4.69) is 74.6 Å². The van der Waals surface area contributed by atoms with Crippen LogP contribution in [0, 0.1) is 0 Å². The average molecular weight is 948 g/mol. The Morgan fingerprint density at radius 3 is 1.24 bits per heavy atom. The Hall–Kier alpha value is -2.29. The van der Waals surface area contributed by atoms with Gasteiger partial charge in [0, 0.05) is 19.4 Å². The van der Waals surface area contributed by atoms with E-state index in [-0.39, 0.29) is 38.6 Å². The monoisotopic (exact) mass is 948 g/mol. The number of unbranched alkanes of at least 4 members (excludes halogenated alkanes) is 28. The van der Waals surface area contributed by atoms with E-state index >= 15 is 0 Å². The summed E-state index contributed by atoms with van der Waals surface area (Å²) < 4.78 is 33.0. The highest BCUT2D eigenvalue weighted by atomic mass is 31.2. The van der Waals surface area contributed by atoms with Crippen molar-refractivity contribution in [3.8, 4) is 0 Å². The number of carbonyl (C=O) groups excluding carboxylic acids is 2. The molecule has 0 spiro atoms. The topological polar surface area (TPSA) is 134 Å². The molecule has 0 amide bonds. The fraction of sp³-hybridized carbons (Fsp3) is 0.786. The number of allylic oxidation sites excluding steroid dienone is 10. The summed E-state index contributed by atoms with van der Waals surface area (Å²) in [6.45, 7) is 3.65. The minimum atomic E-state index is -4.39. The largest absolute Gasteiger partial charge is 0.472 e. The van der Waals surface area contributed by atoms with Gasteiger partial charge in [-0.25, -0.2) is 4.57 Å². The maximum absolute atomic E-state index is 12.7. The highest BCUT2D eigenvalue weighted by molar-refractivity contribution is 7.47. The number of hydrogen-bond acceptors (Lipinski definition) is 8. The normalized spacial score (nSPS) is 13.6. The Kier molecular flexibility index (Phi) is 50.3. The van der Waals surface area contributed by atoms with Crippen LogP contribution in [0.1, 0.15) is 251 Å². The second-order valence-corrected chi connectivity index (χ2v) is 19.5. The standard InChI is InChI=1S/C56H102NO8P/c1-3-5-7-9-11-13-15-17-19-21-23-25-27-29-31-33-35-37-39-41-43-45-47-49-56(59)65-54(53-64-66(60,61)63-51-50-57)52-62-55(58)48-46-44-42-40-38-36-34-32-30-28-26-24-22-20-18-16-14-12-10-8-6-4-2/h5,7,11,13,17,19,23,25,29,31,54H,3-4,6,8-10,12,14-16,18,20-22,24,26-28,30,32-53,57H2,1-2H3,(H,60,61)/b7-5-,13-11-,19-17-,25-23-,31-29-. The summed E-state index contributed by atoms with van der Waals surface area (Å²) in [5.74, 6) is -0.833. The van der Waals surface area contributed by atoms with Crippen LogP contribution < -0.4 is 5.73 Å². The van der Waals surface area contributed by atoms with Crippen molar-refractivity contribution in [1.82, 2.24) is 0 Å². The molecular formula is C56H102NO8P. The third-order valence-corrected chi connectivity index (χ3v) is 12.7. The van der Waals surface area contributed by atoms with Gasteiger partial charge in [-0.3, -0.25) is 18.6 Å². The molecule has 0 radical (unpaired) electrons. The van der Waals surface area contributed by atoms with Gasteiger partial charge in [-0.05, 0) is 57.8 Å². The highest BCUT2D eigenvalue weighted by Gasteiger charge is 2.26. The lowest BCUT2D eigenvalue weighted by atomic mass is 10.0. The maximum atomic E-state index is 12.7. The van der Waals surface area contributed by atoms with E-state index in [1.165, 1.54) is 141 Å². The van der Waals surface area contributed by atoms with Gasteiger partial charge in [0.15, 0.2) is 6.10 Å². The number of phosphoric ester groups is 1. The van der Waals surface area contributed by atoms with E-state index in [0.717, 1.165) is 77.0 Å². The number of carbonyl (C=O) groups is 2. The maximum Gasteiger partial charge on any atom is 0.472 e. The molecule has 0 fully saturated rings. The predicted molar refractivity (Wildman–Crippen MR) is 279 cm³/mol. The molecule has 2 unspecified atom stereocenters. The smallest absolute Gasteiger partial charge is 0.462 e. The first-order valence-electron chi connectivity index (χ1n) is 27.3. The van der Waals surface area contributed by atoms with E-state index in [0.29, 0.717) is 6.42 Å². The molecule has 0 aliphatic heterocycles. The van der Waals surface area contributed by atoms with Crippen molar-refractivity contribution in [2.24, 2.45) is 5.73 Å². The first kappa shape index (κ1) is 63.7. The lowest BCUT2D eigenvalue weighted by molar-refractivity contribution is -0.161. The van der Waals surface area contributed by atoms with Crippen LogP contribution in [0.15, 0.2) is 60.8 Å². The number of phosphoric acid groups is 1. The number of rotatable bonds is 51. The van der Waals surface area contributed by atoms with E-state index in [1.54, 1.807) is 0 Å². The van der Waals surface area contributed by atoms with E-state index in [1.807, 2.05) is 0 Å². The number of esters is 2. The Bertz CT molecular complexity index is 1260. The van der Waals surface area contributed by atoms with Crippen LogP contribution in [0.5, 0.6) is 0 Å². The fourth-order valence-corrected chi connectivity index (χ4v) is 8.43. The second-order valence-electron chi connectivity index (χ2n) is 18.1. The minimum absolute atomic E-state index is 0.0502. The van der Waals surface area contributed by atoms with Gasteiger partial charge in [0.2, 0.25) is 0 Å². The minimum Gasteiger partial charge on any atom is -0.462 e. The van der Waals surface area contributed by atoms with Crippen LogP contribution in [-0.2, 0) is 32.7 Å². The van der Waals surface area contributed by atoms with E-state index in [9.17, 15) is 19.0 Å². The van der Waals surface area contributed by atoms with Crippen LogP contribution in [0.3, 0.4) is 0 Å². The van der Waals surface area contributed by atoms with Gasteiger partial charge in [-0.2, -0.15) is 0 Å². The van der Waals surface area contributed by atoms with Crippen LogP contribution >= 0.6 is 7.82 Å². The number of ether oxygens (including phenoxy) is 2. The zero-order chi connectivity index (χ0) is 48.1. The van der Waals surface area contributed by atoms with Crippen molar-refractivity contribution in [1.29, 1.82) is 0 Å². The Morgan fingerprint density at radius 2 is 0.833 bits per heavy atom. The summed E-state index contributed by atoms with van der Waals surface area (Å²) in [4.78, 5) is 35.1. The first-order chi connectivity index (χ1) is 32.3. The molecule has 0 aromatic carbocycles. The SMILES string of the molecule is CC/C=C\C/C=C\C/C=C\C/C=C\C/C=C\CCCCCCCCCC(=O)OC(COC(=O)CCCCCCCCCCCCCCCCCCCCCCCC)COP(=O)(O)OCCN. The fourth-order valence-electron chi connectivity index (χ4n) is 7.66. The third-order valence-electron chi connectivity index (χ3n) is 11.7. The molecule has 9 nitrogen and oxygen atoms in total. The molecule has 384 valence electrons. The molecule has 3 N–H and O–H groups in total. The molecule has 0 aromatic rings. The van der Waals surface area contributed by atoms with Crippen molar-refractivity contribution in [3.05, 3.63) is 60.8 Å². The van der Waals surface area contributed by atoms with Gasteiger partial charge in [-0.1, -0.05) is 242 Å². The van der Waals surface area contributed by atoms with Gasteiger partial charge in [0.1, 0.15) is 6.61 Å². The van der Waals surface area contributed by atoms with Gasteiger partial charge in [-0.15, -0.1) is 0 Å². The number of hydrogen-bond donors (Lipinski definition) is 2. The molecule has 10 heteroatoms. The Labute approximate surface area is 406 Å². The molecular weight excluding hydrogens is 846 g/mol. The summed E-state index contributed by atoms with van der Waals surface area (Å²) >= 11 is 0. The summed E-state index contributed by atoms with van der Waals surface area (Å²) in [6.07, 6.45) is 64.1. The molecule has 0 saturated heterocycles. The highest BCUT2D eigenvalue weighted by Crippen LogP contribution is 2.43. The van der Waals surface area contributed by atoms with E-state index < -0.39 is 26.5 Å². The van der Waals surface area contributed by atoms with Crippen molar-refractivity contribution in [2.45, 2.75) is 258 Å². The van der Waals surface area contributed by atoms with Crippen LogP contribution in [0.2, 0.25) is 0 Å². The van der Waals surface area contributed by atoms with E-state index in [4.69, 9.17) is 24.3 Å². The molecule has 0 saturated carbocycles. The Morgan fingerprint density at radius 1 is 0.470 bits per heavy atom. The quantitative estimate of drug-likeness (QED) is 0.0264. The molecule has 0 bridgehead atoms. The van der Waals surface area contributed by atoms with Gasteiger partial charge < -0.3 is 20.1 Å². The van der Waals surface area contributed by atoms with Gasteiger partial charge >= 0.3 is 19.8 Å². The van der Waals surface area contributed by atoms with Crippen LogP contribution in [0.4, 0.5) is 0 Å². The summed E-state index contributed by atoms with van der Waals surface area (Å²) in [5, 5.41) is 0. The zero-order valence-corrected chi connectivity index (χ0v) is 43.6. The molecule has 0 aliphatic rings. The zero-order valence-electron chi connectivity index (χ0n) is 42.7. The molecule has 0 aromatic heterocycles. The summed E-state index contributed by atoms with van der Waals surface area (Å²) in [5.41, 5.74) is 5.37. The van der Waals surface area contributed by atoms with Crippen LogP contribution in [0.25, 0.3) is 0 Å². The van der Waals surface area contributed by atoms with Crippen LogP contribution in [-0.4, -0.2) is 49.3 Å². The van der Waals surface area contributed by atoms with Crippen molar-refractivity contribution in [3.63, 3.8) is 0 Å². The van der Waals surface area contributed by atoms with Crippen molar-refractivity contribution in [2.75, 3.05) is 26.4 Å².